The molecule has 0 aromatic carbocycles. The molecule has 0 aliphatic carbocycles. The van der Waals surface area contributed by atoms with Gasteiger partial charge in [-0.2, -0.15) is 0 Å². The molecule has 1 aromatic heterocycles. The van der Waals surface area contributed by atoms with Gasteiger partial charge in [0.05, 0.1) is 17.5 Å². The molecule has 1 heterocycles. The lowest BCUT2D eigenvalue weighted by Crippen LogP contribution is -2.20. The molecule has 5 heteroatoms. The van der Waals surface area contributed by atoms with Crippen LogP contribution in [0.5, 0.6) is 0 Å². The van der Waals surface area contributed by atoms with E-state index in [-0.39, 0.29) is 0 Å². The number of aromatic nitrogens is 1. The number of aryl methyl sites for hydroxylation is 1. The van der Waals surface area contributed by atoms with E-state index in [0.29, 0.717) is 23.1 Å². The molecule has 2 atom stereocenters. The summed E-state index contributed by atoms with van der Waals surface area (Å²) in [5.74, 6) is 0. The maximum atomic E-state index is 9.78. The van der Waals surface area contributed by atoms with Gasteiger partial charge >= 0.3 is 0 Å². The number of anilines is 1. The van der Waals surface area contributed by atoms with Crippen LogP contribution in [0.25, 0.3) is 0 Å². The predicted molar refractivity (Wildman–Crippen MR) is 62.8 cm³/mol. The second-order valence-corrected chi connectivity index (χ2v) is 4.27. The zero-order valence-electron chi connectivity index (χ0n) is 8.52. The van der Waals surface area contributed by atoms with Gasteiger partial charge in [-0.3, -0.25) is 4.98 Å². The second kappa shape index (κ2) is 5.44. The molecule has 0 amide bonds. The van der Waals surface area contributed by atoms with E-state index in [0.717, 1.165) is 5.56 Å². The van der Waals surface area contributed by atoms with Crippen molar-refractivity contribution < 1.29 is 10.2 Å². The molecule has 0 aliphatic rings. The topological polar surface area (TPSA) is 79.4 Å². The number of nitrogens with zero attached hydrogens (tertiary/aromatic N) is 1. The molecule has 0 fully saturated rings. The van der Waals surface area contributed by atoms with Crippen LogP contribution in [0.3, 0.4) is 0 Å². The summed E-state index contributed by atoms with van der Waals surface area (Å²) in [6.45, 7) is 1.87. The minimum atomic E-state index is -1.02. The van der Waals surface area contributed by atoms with E-state index >= 15 is 0 Å². The largest absolute Gasteiger partial charge is 0.397 e. The second-order valence-electron chi connectivity index (χ2n) is 3.48. The highest BCUT2D eigenvalue weighted by Gasteiger charge is 2.21. The zero-order valence-corrected chi connectivity index (χ0v) is 10.1. The third-order valence-electron chi connectivity index (χ3n) is 2.14. The number of aliphatic hydroxyl groups is 2. The quantitative estimate of drug-likeness (QED) is 0.720. The van der Waals surface area contributed by atoms with Crippen LogP contribution in [-0.4, -0.2) is 26.6 Å². The van der Waals surface area contributed by atoms with E-state index in [9.17, 15) is 10.2 Å². The monoisotopic (exact) mass is 274 g/mol. The van der Waals surface area contributed by atoms with Gasteiger partial charge < -0.3 is 15.9 Å². The Morgan fingerprint density at radius 3 is 2.73 bits per heavy atom. The minimum absolute atomic E-state index is 0.342. The van der Waals surface area contributed by atoms with Crippen molar-refractivity contribution in [2.24, 2.45) is 0 Å². The number of hydrogen-bond donors (Lipinski definition) is 3. The smallest absolute Gasteiger partial charge is 0.124 e. The van der Waals surface area contributed by atoms with Crippen LogP contribution in [0.2, 0.25) is 0 Å². The Bertz CT molecular complexity index is 333. The molecule has 15 heavy (non-hydrogen) atoms. The van der Waals surface area contributed by atoms with Gasteiger partial charge in [0.2, 0.25) is 0 Å². The molecule has 1 aromatic rings. The average Bonchev–Trinajstić information content (AvgIpc) is 2.17. The third-order valence-corrected chi connectivity index (χ3v) is 2.59. The van der Waals surface area contributed by atoms with E-state index < -0.39 is 12.2 Å². The van der Waals surface area contributed by atoms with Gasteiger partial charge in [0.15, 0.2) is 0 Å². The van der Waals surface area contributed by atoms with E-state index in [1.165, 1.54) is 0 Å². The van der Waals surface area contributed by atoms with Gasteiger partial charge in [-0.25, -0.2) is 0 Å². The third kappa shape index (κ3) is 3.15. The average molecular weight is 275 g/mol. The minimum Gasteiger partial charge on any atom is -0.397 e. The number of alkyl halides is 1. The first kappa shape index (κ1) is 12.4. The maximum absolute atomic E-state index is 9.78. The number of nitrogen functional groups attached to an aromatic ring is 1. The Labute approximate surface area is 97.3 Å². The van der Waals surface area contributed by atoms with Crippen molar-refractivity contribution in [2.45, 2.75) is 25.6 Å². The molecule has 0 aliphatic heterocycles. The van der Waals surface area contributed by atoms with E-state index in [1.807, 2.05) is 6.92 Å². The fourth-order valence-electron chi connectivity index (χ4n) is 1.30. The first-order valence-corrected chi connectivity index (χ1v) is 5.82. The van der Waals surface area contributed by atoms with Gasteiger partial charge in [-0.15, -0.1) is 0 Å². The van der Waals surface area contributed by atoms with Crippen LogP contribution in [0, 0.1) is 6.92 Å². The number of nitrogens with two attached hydrogens (primary N) is 1. The summed E-state index contributed by atoms with van der Waals surface area (Å²) in [6.07, 6.45) is 0.205. The molecule has 0 radical (unpaired) electrons. The van der Waals surface area contributed by atoms with Crippen molar-refractivity contribution >= 4 is 21.6 Å². The molecule has 2 unspecified atom stereocenters. The van der Waals surface area contributed by atoms with Gasteiger partial charge in [-0.05, 0) is 25.0 Å². The SMILES string of the molecule is Cc1cnc(C(O)C(O)CCBr)c(N)c1. The summed E-state index contributed by atoms with van der Waals surface area (Å²) in [5.41, 5.74) is 7.39. The van der Waals surface area contributed by atoms with Crippen LogP contribution in [0.15, 0.2) is 12.3 Å². The van der Waals surface area contributed by atoms with Crippen LogP contribution in [-0.2, 0) is 0 Å². The molecule has 4 nitrogen and oxygen atoms in total. The van der Waals surface area contributed by atoms with Crippen LogP contribution < -0.4 is 5.73 Å². The highest BCUT2D eigenvalue weighted by atomic mass is 79.9. The van der Waals surface area contributed by atoms with Crippen LogP contribution >= 0.6 is 15.9 Å². The summed E-state index contributed by atoms with van der Waals surface area (Å²) in [7, 11) is 0. The fraction of sp³-hybridized carbons (Fsp3) is 0.500. The Kier molecular flexibility index (Phi) is 4.50. The molecule has 0 saturated carbocycles. The lowest BCUT2D eigenvalue weighted by Gasteiger charge is -2.17. The fourth-order valence-corrected chi connectivity index (χ4v) is 1.77. The van der Waals surface area contributed by atoms with E-state index in [1.54, 1.807) is 12.3 Å². The molecule has 4 N–H and O–H groups in total. The zero-order chi connectivity index (χ0) is 11.4. The Morgan fingerprint density at radius 1 is 1.53 bits per heavy atom. The van der Waals surface area contributed by atoms with Crippen LogP contribution in [0.1, 0.15) is 23.8 Å². The van der Waals surface area contributed by atoms with E-state index in [4.69, 9.17) is 5.73 Å². The Morgan fingerprint density at radius 2 is 2.20 bits per heavy atom. The normalized spacial score (nSPS) is 14.9. The lowest BCUT2D eigenvalue weighted by atomic mass is 10.1. The van der Waals surface area contributed by atoms with Crippen LogP contribution in [0.4, 0.5) is 5.69 Å². The van der Waals surface area contributed by atoms with Crippen molar-refractivity contribution in [3.8, 4) is 0 Å². The van der Waals surface area contributed by atoms with Gasteiger partial charge in [0, 0.05) is 11.5 Å². The summed E-state index contributed by atoms with van der Waals surface area (Å²) in [6, 6.07) is 1.73. The maximum Gasteiger partial charge on any atom is 0.124 e. The Balaban J connectivity index is 2.86. The van der Waals surface area contributed by atoms with Gasteiger partial charge in [-0.1, -0.05) is 15.9 Å². The highest BCUT2D eigenvalue weighted by molar-refractivity contribution is 9.09. The van der Waals surface area contributed by atoms with Crippen molar-refractivity contribution in [3.05, 3.63) is 23.5 Å². The molecular formula is C10H15BrN2O2. The first-order chi connectivity index (χ1) is 7.06. The molecule has 84 valence electrons. The molecule has 1 rings (SSSR count). The van der Waals surface area contributed by atoms with Crippen molar-refractivity contribution in [1.29, 1.82) is 0 Å². The number of hydrogen-bond acceptors (Lipinski definition) is 4. The number of pyridine rings is 1. The summed E-state index contributed by atoms with van der Waals surface area (Å²) in [5, 5.41) is 20.0. The molecule has 0 spiro atoms. The first-order valence-electron chi connectivity index (χ1n) is 4.70. The van der Waals surface area contributed by atoms with E-state index in [2.05, 4.69) is 20.9 Å². The highest BCUT2D eigenvalue weighted by Crippen LogP contribution is 2.23. The Hall–Kier alpha value is -0.650. The molecule has 0 bridgehead atoms. The van der Waals surface area contributed by atoms with Gasteiger partial charge in [0.25, 0.3) is 0 Å². The summed E-state index contributed by atoms with van der Waals surface area (Å²) < 4.78 is 0. The molecular weight excluding hydrogens is 260 g/mol. The summed E-state index contributed by atoms with van der Waals surface area (Å²) in [4.78, 5) is 4.03. The van der Waals surface area contributed by atoms with Gasteiger partial charge in [0.1, 0.15) is 6.10 Å². The van der Waals surface area contributed by atoms with Crippen molar-refractivity contribution in [3.63, 3.8) is 0 Å². The predicted octanol–water partition coefficient (Wildman–Crippen LogP) is 1.15. The van der Waals surface area contributed by atoms with Crippen molar-refractivity contribution in [2.75, 3.05) is 11.1 Å². The van der Waals surface area contributed by atoms with Crippen molar-refractivity contribution in [1.82, 2.24) is 4.98 Å². The lowest BCUT2D eigenvalue weighted by molar-refractivity contribution is 0.0153. The number of halogens is 1. The standard InChI is InChI=1S/C10H15BrN2O2/c1-6-4-7(12)9(13-5-6)10(15)8(14)2-3-11/h4-5,8,10,14-15H,2-3,12H2,1H3. The number of aliphatic hydroxyl groups excluding tert-OH is 2. The molecule has 0 saturated heterocycles. The number of rotatable bonds is 4. The summed E-state index contributed by atoms with van der Waals surface area (Å²) >= 11 is 3.20.